The van der Waals surface area contributed by atoms with Gasteiger partial charge in [0.25, 0.3) is 5.91 Å². The van der Waals surface area contributed by atoms with Crippen LogP contribution in [0.3, 0.4) is 0 Å². The molecule has 0 heterocycles. The van der Waals surface area contributed by atoms with Gasteiger partial charge in [0, 0.05) is 26.3 Å². The van der Waals surface area contributed by atoms with Crippen molar-refractivity contribution in [3.8, 4) is 0 Å². The first-order valence-corrected chi connectivity index (χ1v) is 6.59. The van der Waals surface area contributed by atoms with E-state index in [4.69, 9.17) is 4.74 Å². The molecule has 106 valence electrons. The highest BCUT2D eigenvalue weighted by molar-refractivity contribution is 5.94. The highest BCUT2D eigenvalue weighted by Gasteiger charge is 2.15. The number of nitrogens with zero attached hydrogens (tertiary/aromatic N) is 1. The molecule has 0 aliphatic rings. The normalized spacial score (nSPS) is 12.2. The average Bonchev–Trinajstić information content (AvgIpc) is 2.39. The molecule has 0 radical (unpaired) electrons. The summed E-state index contributed by atoms with van der Waals surface area (Å²) in [5.74, 6) is -0.0850. The van der Waals surface area contributed by atoms with Crippen molar-refractivity contribution in [2.24, 2.45) is 0 Å². The number of carbonyl (C=O) groups excluding carboxylic acids is 1. The minimum absolute atomic E-state index is 0.0850. The maximum atomic E-state index is 12.1. The lowest BCUT2D eigenvalue weighted by Gasteiger charge is -2.20. The number of ether oxygens (including phenoxy) is 1. The van der Waals surface area contributed by atoms with Crippen molar-refractivity contribution in [3.63, 3.8) is 0 Å². The van der Waals surface area contributed by atoms with Gasteiger partial charge in [0.2, 0.25) is 0 Å². The Balaban J connectivity index is 2.60. The third kappa shape index (κ3) is 5.01. The molecule has 1 rings (SSSR count). The van der Waals surface area contributed by atoms with E-state index in [2.05, 4.69) is 6.92 Å². The zero-order valence-electron chi connectivity index (χ0n) is 11.9. The van der Waals surface area contributed by atoms with E-state index in [1.54, 1.807) is 7.05 Å². The Bertz CT molecular complexity index is 389. The molecule has 1 atom stereocenters. The summed E-state index contributed by atoms with van der Waals surface area (Å²) in [6, 6.07) is 7.64. The van der Waals surface area contributed by atoms with Gasteiger partial charge in [-0.2, -0.15) is 0 Å². The van der Waals surface area contributed by atoms with Gasteiger partial charge in [0.05, 0.1) is 12.7 Å². The number of methoxy groups -OCH3 is 1. The molecule has 1 unspecified atom stereocenters. The van der Waals surface area contributed by atoms with Gasteiger partial charge >= 0.3 is 0 Å². The Morgan fingerprint density at radius 2 is 2.00 bits per heavy atom. The van der Waals surface area contributed by atoms with Crippen molar-refractivity contribution in [1.29, 1.82) is 0 Å². The lowest BCUT2D eigenvalue weighted by molar-refractivity contribution is 0.0380. The van der Waals surface area contributed by atoms with Crippen molar-refractivity contribution >= 4 is 5.91 Å². The second-order valence-corrected chi connectivity index (χ2v) is 4.74. The Morgan fingerprint density at radius 1 is 1.37 bits per heavy atom. The molecule has 0 aromatic heterocycles. The molecular weight excluding hydrogens is 242 g/mol. The van der Waals surface area contributed by atoms with E-state index >= 15 is 0 Å². The topological polar surface area (TPSA) is 49.8 Å². The number of aliphatic hydroxyl groups excluding tert-OH is 1. The van der Waals surface area contributed by atoms with Crippen LogP contribution in [-0.4, -0.2) is 49.3 Å². The van der Waals surface area contributed by atoms with Gasteiger partial charge in [0.15, 0.2) is 0 Å². The third-order valence-corrected chi connectivity index (χ3v) is 2.93. The van der Waals surface area contributed by atoms with Gasteiger partial charge in [-0.1, -0.05) is 25.5 Å². The maximum Gasteiger partial charge on any atom is 0.253 e. The Labute approximate surface area is 115 Å². The van der Waals surface area contributed by atoms with Gasteiger partial charge in [0.1, 0.15) is 0 Å². The molecule has 0 fully saturated rings. The van der Waals surface area contributed by atoms with E-state index in [1.165, 1.54) is 17.6 Å². The van der Waals surface area contributed by atoms with E-state index in [-0.39, 0.29) is 19.1 Å². The lowest BCUT2D eigenvalue weighted by atomic mass is 10.1. The maximum absolute atomic E-state index is 12.1. The summed E-state index contributed by atoms with van der Waals surface area (Å²) in [4.78, 5) is 13.6. The monoisotopic (exact) mass is 265 g/mol. The molecule has 0 bridgehead atoms. The first-order chi connectivity index (χ1) is 9.08. The van der Waals surface area contributed by atoms with Crippen LogP contribution in [0.15, 0.2) is 24.3 Å². The molecule has 1 N–H and O–H groups in total. The quantitative estimate of drug-likeness (QED) is 0.816. The van der Waals surface area contributed by atoms with Crippen LogP contribution in [0, 0.1) is 0 Å². The van der Waals surface area contributed by atoms with Crippen LogP contribution in [0.5, 0.6) is 0 Å². The lowest BCUT2D eigenvalue weighted by Crippen LogP contribution is -2.36. The highest BCUT2D eigenvalue weighted by Crippen LogP contribution is 2.09. The van der Waals surface area contributed by atoms with Crippen LogP contribution in [0.1, 0.15) is 29.3 Å². The summed E-state index contributed by atoms with van der Waals surface area (Å²) in [5.41, 5.74) is 1.88. The summed E-state index contributed by atoms with van der Waals surface area (Å²) in [6.07, 6.45) is 1.46. The van der Waals surface area contributed by atoms with Crippen molar-refractivity contribution < 1.29 is 14.6 Å². The number of likely N-dealkylation sites (N-methyl/N-ethyl adjacent to an activating group) is 1. The summed E-state index contributed by atoms with van der Waals surface area (Å²) >= 11 is 0. The molecule has 1 aromatic rings. The number of hydrogen-bond donors (Lipinski definition) is 1. The van der Waals surface area contributed by atoms with Crippen LogP contribution in [-0.2, 0) is 11.2 Å². The van der Waals surface area contributed by atoms with Crippen LogP contribution in [0.4, 0.5) is 0 Å². The van der Waals surface area contributed by atoms with Crippen LogP contribution < -0.4 is 0 Å². The molecule has 0 saturated heterocycles. The molecular formula is C15H23NO3. The third-order valence-electron chi connectivity index (χ3n) is 2.93. The van der Waals surface area contributed by atoms with E-state index in [1.807, 2.05) is 24.3 Å². The summed E-state index contributed by atoms with van der Waals surface area (Å²) < 4.78 is 4.84. The molecule has 1 aromatic carbocycles. The number of aliphatic hydroxyl groups is 1. The molecule has 4 nitrogen and oxygen atoms in total. The first-order valence-electron chi connectivity index (χ1n) is 6.59. The fraction of sp³-hybridized carbons (Fsp3) is 0.533. The Hall–Kier alpha value is -1.39. The molecule has 0 aliphatic carbocycles. The summed E-state index contributed by atoms with van der Waals surface area (Å²) in [5, 5.41) is 9.61. The SMILES string of the molecule is CCCc1ccc(C(=O)N(C)CC(O)COC)cc1. The zero-order chi connectivity index (χ0) is 14.3. The van der Waals surface area contributed by atoms with E-state index in [0.29, 0.717) is 5.56 Å². The molecule has 0 spiro atoms. The van der Waals surface area contributed by atoms with Gasteiger partial charge in [-0.25, -0.2) is 0 Å². The molecule has 0 aliphatic heterocycles. The van der Waals surface area contributed by atoms with Gasteiger partial charge < -0.3 is 14.7 Å². The van der Waals surface area contributed by atoms with Crippen molar-refractivity contribution in [2.45, 2.75) is 25.9 Å². The Morgan fingerprint density at radius 3 is 2.53 bits per heavy atom. The van der Waals surface area contributed by atoms with Crippen LogP contribution in [0.25, 0.3) is 0 Å². The van der Waals surface area contributed by atoms with E-state index in [9.17, 15) is 9.90 Å². The standard InChI is InChI=1S/C15H23NO3/c1-4-5-12-6-8-13(9-7-12)15(18)16(2)10-14(17)11-19-3/h6-9,14,17H,4-5,10-11H2,1-3H3. The predicted molar refractivity (Wildman–Crippen MR) is 75.3 cm³/mol. The van der Waals surface area contributed by atoms with Crippen molar-refractivity contribution in [3.05, 3.63) is 35.4 Å². The molecule has 0 saturated carbocycles. The fourth-order valence-electron chi connectivity index (χ4n) is 1.97. The first kappa shape index (κ1) is 15.7. The second kappa shape index (κ2) is 7.92. The van der Waals surface area contributed by atoms with E-state index < -0.39 is 6.10 Å². The predicted octanol–water partition coefficient (Wildman–Crippen LogP) is 1.72. The minimum Gasteiger partial charge on any atom is -0.389 e. The number of benzene rings is 1. The minimum atomic E-state index is -0.654. The fourth-order valence-corrected chi connectivity index (χ4v) is 1.97. The second-order valence-electron chi connectivity index (χ2n) is 4.74. The van der Waals surface area contributed by atoms with Crippen LogP contribution in [0.2, 0.25) is 0 Å². The average molecular weight is 265 g/mol. The van der Waals surface area contributed by atoms with Crippen LogP contribution >= 0.6 is 0 Å². The number of carbonyl (C=O) groups is 1. The number of hydrogen-bond acceptors (Lipinski definition) is 3. The van der Waals surface area contributed by atoms with E-state index in [0.717, 1.165) is 12.8 Å². The molecule has 4 heteroatoms. The van der Waals surface area contributed by atoms with Crippen molar-refractivity contribution in [2.75, 3.05) is 27.3 Å². The number of rotatable bonds is 7. The largest absolute Gasteiger partial charge is 0.389 e. The van der Waals surface area contributed by atoms with Gasteiger partial charge in [-0.15, -0.1) is 0 Å². The molecule has 19 heavy (non-hydrogen) atoms. The Kier molecular flexibility index (Phi) is 6.53. The number of amides is 1. The van der Waals surface area contributed by atoms with Gasteiger partial charge in [-0.3, -0.25) is 4.79 Å². The van der Waals surface area contributed by atoms with Gasteiger partial charge in [-0.05, 0) is 24.1 Å². The molecule has 1 amide bonds. The zero-order valence-corrected chi connectivity index (χ0v) is 11.9. The summed E-state index contributed by atoms with van der Waals surface area (Å²) in [7, 11) is 3.21. The number of aryl methyl sites for hydroxylation is 1. The summed E-state index contributed by atoms with van der Waals surface area (Å²) in [6.45, 7) is 2.63. The van der Waals surface area contributed by atoms with Crippen molar-refractivity contribution in [1.82, 2.24) is 4.90 Å². The smallest absolute Gasteiger partial charge is 0.253 e. The highest BCUT2D eigenvalue weighted by atomic mass is 16.5.